The summed E-state index contributed by atoms with van der Waals surface area (Å²) < 4.78 is 1.32. The summed E-state index contributed by atoms with van der Waals surface area (Å²) in [7, 11) is 0. The van der Waals surface area contributed by atoms with Gasteiger partial charge in [0.2, 0.25) is 0 Å². The van der Waals surface area contributed by atoms with Crippen LogP contribution in [0.1, 0.15) is 4.88 Å². The minimum absolute atomic E-state index is 0.0122. The van der Waals surface area contributed by atoms with Crippen molar-refractivity contribution < 1.29 is 9.59 Å². The average molecular weight is 406 g/mol. The zero-order valence-electron chi connectivity index (χ0n) is 13.3. The third kappa shape index (κ3) is 3.26. The first-order valence-electron chi connectivity index (χ1n) is 7.40. The number of thiazole rings is 1. The molecule has 6 nitrogen and oxygen atoms in total. The molecule has 3 rings (SSSR count). The molecule has 132 valence electrons. The number of halogens is 1. The van der Waals surface area contributed by atoms with Crippen LogP contribution in [-0.4, -0.2) is 32.9 Å². The molecule has 0 radical (unpaired) electrons. The number of carbonyl (C=O) groups excluding carboxylic acids is 2. The Bertz CT molecular complexity index is 1010. The number of carbonyl (C=O) groups is 2. The molecule has 1 aromatic carbocycles. The van der Waals surface area contributed by atoms with E-state index in [2.05, 4.69) is 11.9 Å². The van der Waals surface area contributed by atoms with Crippen LogP contribution < -0.4 is 10.2 Å². The number of amides is 2. The highest BCUT2D eigenvalue weighted by molar-refractivity contribution is 7.80. The predicted molar refractivity (Wildman–Crippen MR) is 106 cm³/mol. The Morgan fingerprint density at radius 2 is 1.92 bits per heavy atom. The van der Waals surface area contributed by atoms with Crippen LogP contribution in [-0.2, 0) is 9.59 Å². The fraction of sp³-hybridized carbons (Fsp3) is 0.0588. The highest BCUT2D eigenvalue weighted by atomic mass is 35.5. The lowest BCUT2D eigenvalue weighted by atomic mass is 10.1. The Morgan fingerprint density at radius 1 is 1.23 bits per heavy atom. The molecule has 1 fully saturated rings. The van der Waals surface area contributed by atoms with Gasteiger partial charge in [-0.3, -0.25) is 29.2 Å². The molecule has 2 heterocycles. The highest BCUT2D eigenvalue weighted by Crippen LogP contribution is 2.26. The predicted octanol–water partition coefficient (Wildman–Crippen LogP) is 2.37. The van der Waals surface area contributed by atoms with Gasteiger partial charge in [-0.25, -0.2) is 0 Å². The van der Waals surface area contributed by atoms with E-state index in [0.717, 1.165) is 11.3 Å². The van der Waals surface area contributed by atoms with Gasteiger partial charge in [-0.1, -0.05) is 47.2 Å². The molecule has 0 bridgehead atoms. The fourth-order valence-corrected chi connectivity index (χ4v) is 3.85. The summed E-state index contributed by atoms with van der Waals surface area (Å²) in [6.45, 7) is 3.72. The summed E-state index contributed by atoms with van der Waals surface area (Å²) in [6.07, 6.45) is 2.81. The molecule has 1 aliphatic heterocycles. The van der Waals surface area contributed by atoms with Crippen molar-refractivity contribution in [3.8, 4) is 5.69 Å². The number of benzene rings is 1. The number of nitrogens with one attached hydrogen (secondary N) is 1. The van der Waals surface area contributed by atoms with Gasteiger partial charge in [0.25, 0.3) is 11.8 Å². The van der Waals surface area contributed by atoms with E-state index in [1.165, 1.54) is 21.6 Å². The smallest absolute Gasteiger partial charge is 0.298 e. The van der Waals surface area contributed by atoms with Gasteiger partial charge in [-0.2, -0.15) is 0 Å². The standard InChI is InChI=1S/C17H12ClN3O3S2/c1-2-8-20-15(23)11(14(22)19-16(20)25)9-12-13(18)21(17(24)26-12)10-6-4-3-5-7-10/h2-7,9H,1,8H2,(H,19,22,25). The molecule has 0 unspecified atom stereocenters. The van der Waals surface area contributed by atoms with Gasteiger partial charge in [-0.05, 0) is 30.4 Å². The topological polar surface area (TPSA) is 71.4 Å². The van der Waals surface area contributed by atoms with Gasteiger partial charge in [0.05, 0.1) is 10.6 Å². The number of hydrogen-bond acceptors (Lipinski definition) is 5. The maximum Gasteiger partial charge on any atom is 0.313 e. The van der Waals surface area contributed by atoms with Crippen LogP contribution in [0.3, 0.4) is 0 Å². The largest absolute Gasteiger partial charge is 0.313 e. The molecular weight excluding hydrogens is 394 g/mol. The second-order valence-electron chi connectivity index (χ2n) is 5.22. The van der Waals surface area contributed by atoms with Crippen molar-refractivity contribution in [2.24, 2.45) is 0 Å². The minimum atomic E-state index is -0.636. The maximum absolute atomic E-state index is 12.6. The zero-order chi connectivity index (χ0) is 18.8. The maximum atomic E-state index is 12.6. The van der Waals surface area contributed by atoms with Gasteiger partial charge in [0, 0.05) is 6.54 Å². The van der Waals surface area contributed by atoms with Gasteiger partial charge in [-0.15, -0.1) is 6.58 Å². The molecule has 2 amide bonds. The first-order valence-corrected chi connectivity index (χ1v) is 9.01. The van der Waals surface area contributed by atoms with Gasteiger partial charge in [0.15, 0.2) is 5.11 Å². The van der Waals surface area contributed by atoms with E-state index in [4.69, 9.17) is 23.8 Å². The summed E-state index contributed by atoms with van der Waals surface area (Å²) in [6, 6.07) is 8.85. The molecular formula is C17H12ClN3O3S2. The van der Waals surface area contributed by atoms with Crippen LogP contribution in [0, 0.1) is 0 Å². The number of thiocarbonyl (C=S) groups is 1. The third-order valence-electron chi connectivity index (χ3n) is 3.57. The summed E-state index contributed by atoms with van der Waals surface area (Å²) >= 11 is 12.2. The molecule has 9 heteroatoms. The zero-order valence-corrected chi connectivity index (χ0v) is 15.7. The van der Waals surface area contributed by atoms with E-state index in [1.807, 2.05) is 6.07 Å². The number of aromatic nitrogens is 1. The lowest BCUT2D eigenvalue weighted by Gasteiger charge is -2.27. The fourth-order valence-electron chi connectivity index (χ4n) is 2.38. The van der Waals surface area contributed by atoms with E-state index in [9.17, 15) is 14.4 Å². The van der Waals surface area contributed by atoms with Crippen molar-refractivity contribution >= 4 is 58.2 Å². The normalized spacial score (nSPS) is 16.1. The lowest BCUT2D eigenvalue weighted by molar-refractivity contribution is -0.128. The van der Waals surface area contributed by atoms with Crippen LogP contribution in [0.25, 0.3) is 11.8 Å². The molecule has 0 atom stereocenters. The Kier molecular flexibility index (Phi) is 5.17. The number of nitrogens with zero attached hydrogens (tertiary/aromatic N) is 2. The van der Waals surface area contributed by atoms with E-state index >= 15 is 0 Å². The SMILES string of the molecule is C=CCN1C(=O)C(=Cc2sc(=O)n(-c3ccccc3)c2Cl)C(=O)NC1=S. The Hall–Kier alpha value is -2.55. The average Bonchev–Trinajstić information content (AvgIpc) is 2.89. The molecule has 0 spiro atoms. The highest BCUT2D eigenvalue weighted by Gasteiger charge is 2.33. The Morgan fingerprint density at radius 3 is 2.58 bits per heavy atom. The number of para-hydroxylation sites is 1. The third-order valence-corrected chi connectivity index (χ3v) is 5.26. The molecule has 0 aliphatic carbocycles. The minimum Gasteiger partial charge on any atom is -0.298 e. The van der Waals surface area contributed by atoms with E-state index in [0.29, 0.717) is 10.6 Å². The first kappa shape index (κ1) is 18.2. The van der Waals surface area contributed by atoms with Crippen molar-refractivity contribution in [3.05, 3.63) is 68.3 Å². The molecule has 1 aromatic heterocycles. The van der Waals surface area contributed by atoms with Crippen molar-refractivity contribution in [2.45, 2.75) is 0 Å². The molecule has 2 aromatic rings. The van der Waals surface area contributed by atoms with Gasteiger partial charge in [0.1, 0.15) is 10.7 Å². The summed E-state index contributed by atoms with van der Waals surface area (Å²) in [5.74, 6) is -1.20. The lowest BCUT2D eigenvalue weighted by Crippen LogP contribution is -2.53. The van der Waals surface area contributed by atoms with Gasteiger partial charge < -0.3 is 0 Å². The molecule has 1 aliphatic rings. The van der Waals surface area contributed by atoms with Crippen LogP contribution in [0.15, 0.2) is 53.4 Å². The monoisotopic (exact) mass is 405 g/mol. The Labute approximate surface area is 163 Å². The summed E-state index contributed by atoms with van der Waals surface area (Å²) in [5.41, 5.74) is 0.445. The second kappa shape index (κ2) is 7.36. The number of hydrogen-bond donors (Lipinski definition) is 1. The van der Waals surface area contributed by atoms with E-state index in [-0.39, 0.29) is 27.3 Å². The molecule has 1 N–H and O–H groups in total. The van der Waals surface area contributed by atoms with E-state index < -0.39 is 11.8 Å². The Balaban J connectivity index is 2.06. The van der Waals surface area contributed by atoms with Crippen LogP contribution in [0.2, 0.25) is 5.15 Å². The molecule has 0 saturated carbocycles. The summed E-state index contributed by atoms with van der Waals surface area (Å²) in [5, 5.41) is 2.59. The molecule has 1 saturated heterocycles. The van der Waals surface area contributed by atoms with Crippen LogP contribution >= 0.6 is 35.2 Å². The van der Waals surface area contributed by atoms with E-state index in [1.54, 1.807) is 24.3 Å². The van der Waals surface area contributed by atoms with Crippen LogP contribution in [0.4, 0.5) is 0 Å². The summed E-state index contributed by atoms with van der Waals surface area (Å²) in [4.78, 5) is 38.2. The number of rotatable bonds is 4. The first-order chi connectivity index (χ1) is 12.4. The van der Waals surface area contributed by atoms with Crippen molar-refractivity contribution in [3.63, 3.8) is 0 Å². The quantitative estimate of drug-likeness (QED) is 0.367. The van der Waals surface area contributed by atoms with Crippen molar-refractivity contribution in [1.29, 1.82) is 0 Å². The van der Waals surface area contributed by atoms with Gasteiger partial charge >= 0.3 is 4.87 Å². The molecule has 26 heavy (non-hydrogen) atoms. The second-order valence-corrected chi connectivity index (χ2v) is 6.95. The van der Waals surface area contributed by atoms with Crippen molar-refractivity contribution in [2.75, 3.05) is 6.54 Å². The van der Waals surface area contributed by atoms with Crippen LogP contribution in [0.5, 0.6) is 0 Å². The van der Waals surface area contributed by atoms with Crippen molar-refractivity contribution in [1.82, 2.24) is 14.8 Å².